The largest absolute Gasteiger partial charge is 0.496 e. The molecule has 1 aromatic carbocycles. The number of halogens is 1. The molecule has 0 spiro atoms. The molecule has 1 amide bonds. The Hall–Kier alpha value is -2.55. The average molecular weight is 508 g/mol. The number of hydrazine groups is 1. The summed E-state index contributed by atoms with van der Waals surface area (Å²) in [5.74, 6) is 0.958. The van der Waals surface area contributed by atoms with E-state index in [0.717, 1.165) is 50.6 Å². The number of ether oxygens (including phenoxy) is 1. The van der Waals surface area contributed by atoms with Gasteiger partial charge < -0.3 is 10.1 Å². The smallest absolute Gasteiger partial charge is 0.223 e. The van der Waals surface area contributed by atoms with Crippen LogP contribution in [-0.4, -0.2) is 47.1 Å². The van der Waals surface area contributed by atoms with E-state index in [1.54, 1.807) is 13.2 Å². The van der Waals surface area contributed by atoms with Gasteiger partial charge in [0, 0.05) is 54.1 Å². The lowest BCUT2D eigenvalue weighted by atomic mass is 9.74. The zero-order valence-electron chi connectivity index (χ0n) is 21.8. The van der Waals surface area contributed by atoms with Gasteiger partial charge in [-0.2, -0.15) is 0 Å². The molecule has 4 heterocycles. The van der Waals surface area contributed by atoms with Gasteiger partial charge >= 0.3 is 0 Å². The molecule has 1 saturated carbocycles. The monoisotopic (exact) mass is 507 g/mol. The predicted molar refractivity (Wildman–Crippen MR) is 139 cm³/mol. The Bertz CT molecular complexity index is 1150. The number of fused-ring (bicyclic) bond motifs is 3. The first kappa shape index (κ1) is 24.8. The summed E-state index contributed by atoms with van der Waals surface area (Å²) < 4.78 is 20.2. The molecule has 0 radical (unpaired) electrons. The molecular formula is C29H38FN5O2. The summed E-state index contributed by atoms with van der Waals surface area (Å²) in [6.07, 6.45) is 8.81. The van der Waals surface area contributed by atoms with Gasteiger partial charge in [0.2, 0.25) is 5.91 Å². The molecule has 1 aliphatic carbocycles. The van der Waals surface area contributed by atoms with Crippen LogP contribution < -0.4 is 20.9 Å². The van der Waals surface area contributed by atoms with Crippen LogP contribution in [0, 0.1) is 24.6 Å². The Morgan fingerprint density at radius 3 is 2.86 bits per heavy atom. The summed E-state index contributed by atoms with van der Waals surface area (Å²) in [5.41, 5.74) is 9.83. The van der Waals surface area contributed by atoms with Crippen LogP contribution >= 0.6 is 0 Å². The topological polar surface area (TPSA) is 78.5 Å². The minimum absolute atomic E-state index is 0.0209. The van der Waals surface area contributed by atoms with Crippen LogP contribution in [0.4, 0.5) is 4.39 Å². The number of piperidine rings is 1. The molecule has 1 aromatic heterocycles. The minimum atomic E-state index is -0.223. The highest BCUT2D eigenvalue weighted by Gasteiger charge is 2.46. The number of hydrogen-bond acceptors (Lipinski definition) is 6. The molecule has 3 aliphatic heterocycles. The molecular weight excluding hydrogens is 469 g/mol. The van der Waals surface area contributed by atoms with Crippen LogP contribution in [0.5, 0.6) is 5.75 Å². The van der Waals surface area contributed by atoms with Gasteiger partial charge in [0.15, 0.2) is 0 Å². The SMILES string of the molecule is COc1cccc(F)c1CN1C2CCC(NC(=O)C3CCC4NNC(c5ccnc(C)c5)C4C3)C1CC2. The Kier molecular flexibility index (Phi) is 6.90. The third-order valence-electron chi connectivity index (χ3n) is 9.33. The molecule has 3 N–H and O–H groups in total. The van der Waals surface area contributed by atoms with E-state index in [0.29, 0.717) is 35.9 Å². The van der Waals surface area contributed by atoms with E-state index in [2.05, 4.69) is 38.2 Å². The molecule has 2 bridgehead atoms. The predicted octanol–water partition coefficient (Wildman–Crippen LogP) is 3.78. The molecule has 2 aromatic rings. The Balaban J connectivity index is 1.13. The quantitative estimate of drug-likeness (QED) is 0.552. The van der Waals surface area contributed by atoms with Crippen LogP contribution in [0.1, 0.15) is 67.8 Å². The molecule has 6 rings (SSSR count). The lowest BCUT2D eigenvalue weighted by Crippen LogP contribution is -2.55. The Morgan fingerprint density at radius 2 is 2.03 bits per heavy atom. The van der Waals surface area contributed by atoms with E-state index in [1.165, 1.54) is 11.6 Å². The van der Waals surface area contributed by atoms with Crippen LogP contribution in [0.25, 0.3) is 0 Å². The maximum absolute atomic E-state index is 14.7. The van der Waals surface area contributed by atoms with Gasteiger partial charge in [-0.1, -0.05) is 6.07 Å². The third kappa shape index (κ3) is 4.75. The van der Waals surface area contributed by atoms with Gasteiger partial charge in [0.25, 0.3) is 0 Å². The van der Waals surface area contributed by atoms with Crippen LogP contribution in [0.15, 0.2) is 36.5 Å². The van der Waals surface area contributed by atoms with Crippen molar-refractivity contribution in [3.05, 3.63) is 59.2 Å². The second-order valence-corrected chi connectivity index (χ2v) is 11.4. The van der Waals surface area contributed by atoms with Gasteiger partial charge in [-0.15, -0.1) is 0 Å². The van der Waals surface area contributed by atoms with E-state index in [4.69, 9.17) is 4.74 Å². The average Bonchev–Trinajstić information content (AvgIpc) is 3.45. The standard InChI is InChI=1S/C29H38FN5O2/c1-17-14-18(12-13-31-17)28-21-15-19(6-9-24(21)33-34-28)29(36)32-25-10-7-20-8-11-26(25)35(20)16-22-23(30)4-3-5-27(22)37-2/h3-5,12-14,19-21,24-26,28,33-34H,6-11,15-16H2,1-2H3,(H,32,36). The molecule has 8 heteroatoms. The highest BCUT2D eigenvalue weighted by Crippen LogP contribution is 2.42. The van der Waals surface area contributed by atoms with Crippen molar-refractivity contribution in [3.63, 3.8) is 0 Å². The fraction of sp³-hybridized carbons (Fsp3) is 0.586. The second kappa shape index (κ2) is 10.3. The highest BCUT2D eigenvalue weighted by molar-refractivity contribution is 5.79. The molecule has 7 nitrogen and oxygen atoms in total. The Morgan fingerprint density at radius 1 is 1.16 bits per heavy atom. The van der Waals surface area contributed by atoms with Crippen molar-refractivity contribution in [2.24, 2.45) is 11.8 Å². The number of amides is 1. The summed E-state index contributed by atoms with van der Waals surface area (Å²) in [4.78, 5) is 20.3. The number of hydrogen-bond donors (Lipinski definition) is 3. The van der Waals surface area contributed by atoms with E-state index in [1.807, 2.05) is 19.2 Å². The second-order valence-electron chi connectivity index (χ2n) is 11.4. The summed E-state index contributed by atoms with van der Waals surface area (Å²) >= 11 is 0. The fourth-order valence-corrected chi connectivity index (χ4v) is 7.44. The van der Waals surface area contributed by atoms with Crippen molar-refractivity contribution >= 4 is 5.91 Å². The van der Waals surface area contributed by atoms with Crippen LogP contribution in [-0.2, 0) is 11.3 Å². The van der Waals surface area contributed by atoms with Crippen molar-refractivity contribution in [1.82, 2.24) is 26.1 Å². The highest BCUT2D eigenvalue weighted by atomic mass is 19.1. The van der Waals surface area contributed by atoms with E-state index in [9.17, 15) is 9.18 Å². The minimum Gasteiger partial charge on any atom is -0.496 e. The first-order valence-electron chi connectivity index (χ1n) is 13.8. The normalized spacial score (nSPS) is 33.2. The Labute approximate surface area is 218 Å². The van der Waals surface area contributed by atoms with Crippen LogP contribution in [0.2, 0.25) is 0 Å². The fourth-order valence-electron chi connectivity index (χ4n) is 7.44. The number of nitrogens with zero attached hydrogens (tertiary/aromatic N) is 2. The zero-order valence-corrected chi connectivity index (χ0v) is 21.8. The van der Waals surface area contributed by atoms with Crippen molar-refractivity contribution in [3.8, 4) is 5.75 Å². The van der Waals surface area contributed by atoms with Crippen molar-refractivity contribution in [2.75, 3.05) is 7.11 Å². The van der Waals surface area contributed by atoms with Gasteiger partial charge in [-0.25, -0.2) is 9.82 Å². The van der Waals surface area contributed by atoms with Crippen molar-refractivity contribution in [1.29, 1.82) is 0 Å². The summed E-state index contributed by atoms with van der Waals surface area (Å²) in [5, 5.41) is 3.46. The summed E-state index contributed by atoms with van der Waals surface area (Å²) in [6, 6.07) is 10.6. The molecule has 7 atom stereocenters. The maximum atomic E-state index is 14.7. The van der Waals surface area contributed by atoms with Gasteiger partial charge in [0.05, 0.1) is 13.2 Å². The van der Waals surface area contributed by atoms with E-state index in [-0.39, 0.29) is 35.8 Å². The molecule has 4 fully saturated rings. The van der Waals surface area contributed by atoms with Crippen LogP contribution in [0.3, 0.4) is 0 Å². The molecule has 3 saturated heterocycles. The summed E-state index contributed by atoms with van der Waals surface area (Å²) in [7, 11) is 1.59. The number of methoxy groups -OCH3 is 1. The van der Waals surface area contributed by atoms with Crippen molar-refractivity contribution in [2.45, 2.75) is 88.6 Å². The number of pyridine rings is 1. The molecule has 4 aliphatic rings. The lowest BCUT2D eigenvalue weighted by Gasteiger charge is -2.41. The zero-order chi connectivity index (χ0) is 25.5. The number of aromatic nitrogens is 1. The number of nitrogens with one attached hydrogen (secondary N) is 3. The number of benzene rings is 1. The number of carbonyl (C=O) groups is 1. The van der Waals surface area contributed by atoms with Crippen molar-refractivity contribution < 1.29 is 13.9 Å². The van der Waals surface area contributed by atoms with Gasteiger partial charge in [0.1, 0.15) is 11.6 Å². The van der Waals surface area contributed by atoms with Gasteiger partial charge in [-0.3, -0.25) is 20.1 Å². The first-order chi connectivity index (χ1) is 18.0. The molecule has 198 valence electrons. The third-order valence-corrected chi connectivity index (χ3v) is 9.33. The molecule has 37 heavy (non-hydrogen) atoms. The number of aryl methyl sites for hydroxylation is 1. The van der Waals surface area contributed by atoms with Gasteiger partial charge in [-0.05, 0) is 87.6 Å². The number of carbonyl (C=O) groups excluding carboxylic acids is 1. The first-order valence-corrected chi connectivity index (χ1v) is 13.8. The maximum Gasteiger partial charge on any atom is 0.223 e. The van der Waals surface area contributed by atoms with E-state index >= 15 is 0 Å². The number of rotatable bonds is 6. The van der Waals surface area contributed by atoms with E-state index < -0.39 is 0 Å². The summed E-state index contributed by atoms with van der Waals surface area (Å²) in [6.45, 7) is 2.54. The molecule has 7 unspecified atom stereocenters. The lowest BCUT2D eigenvalue weighted by molar-refractivity contribution is -0.128.